The lowest BCUT2D eigenvalue weighted by Crippen LogP contribution is -2.54. The van der Waals surface area contributed by atoms with Crippen LogP contribution in [-0.4, -0.2) is 42.0 Å². The van der Waals surface area contributed by atoms with Crippen molar-refractivity contribution in [1.82, 2.24) is 4.90 Å². The number of carbonyl (C=O) groups is 2. The van der Waals surface area contributed by atoms with Gasteiger partial charge in [0.15, 0.2) is 0 Å². The molecule has 1 fully saturated rings. The molecule has 21 heavy (non-hydrogen) atoms. The number of rotatable bonds is 1. The zero-order valence-electron chi connectivity index (χ0n) is 13.0. The van der Waals surface area contributed by atoms with E-state index in [2.05, 4.69) is 5.32 Å². The summed E-state index contributed by atoms with van der Waals surface area (Å²) < 4.78 is 5.48. The maximum Gasteiger partial charge on any atom is 0.313 e. The van der Waals surface area contributed by atoms with Crippen LogP contribution in [-0.2, 0) is 14.3 Å². The minimum absolute atomic E-state index is 0.0591. The summed E-state index contributed by atoms with van der Waals surface area (Å²) in [4.78, 5) is 26.1. The molecule has 5 heteroatoms. The highest BCUT2D eigenvalue weighted by Crippen LogP contribution is 2.18. The van der Waals surface area contributed by atoms with Crippen molar-refractivity contribution in [3.8, 4) is 0 Å². The molecule has 1 aliphatic rings. The van der Waals surface area contributed by atoms with Crippen LogP contribution in [0.4, 0.5) is 5.69 Å². The standard InChI is InChI=1S/C16H22N2O3/c1-10-5-6-11(2)14(9-10)17-15(19)16(20)18-7-8-21-13(4)12(18)3/h5-6,9,12-13H,7-8H2,1-4H3,(H,17,19)/t12-,13-/m1/s1. The van der Waals surface area contributed by atoms with E-state index in [1.54, 1.807) is 4.90 Å². The van der Waals surface area contributed by atoms with E-state index in [-0.39, 0.29) is 12.1 Å². The molecule has 0 bridgehead atoms. The lowest BCUT2D eigenvalue weighted by Gasteiger charge is -2.37. The van der Waals surface area contributed by atoms with Crippen LogP contribution in [0.5, 0.6) is 0 Å². The highest BCUT2D eigenvalue weighted by molar-refractivity contribution is 6.39. The summed E-state index contributed by atoms with van der Waals surface area (Å²) in [5.74, 6) is -1.09. The number of nitrogens with zero attached hydrogens (tertiary/aromatic N) is 1. The molecular formula is C16H22N2O3. The quantitative estimate of drug-likeness (QED) is 0.803. The van der Waals surface area contributed by atoms with Crippen LogP contribution >= 0.6 is 0 Å². The average molecular weight is 290 g/mol. The molecule has 5 nitrogen and oxygen atoms in total. The maximum atomic E-state index is 12.3. The first-order valence-corrected chi connectivity index (χ1v) is 7.21. The van der Waals surface area contributed by atoms with Crippen molar-refractivity contribution in [3.63, 3.8) is 0 Å². The van der Waals surface area contributed by atoms with Crippen molar-refractivity contribution in [1.29, 1.82) is 0 Å². The van der Waals surface area contributed by atoms with Gasteiger partial charge in [0.05, 0.1) is 18.8 Å². The van der Waals surface area contributed by atoms with Crippen LogP contribution in [0.2, 0.25) is 0 Å². The number of hydrogen-bond donors (Lipinski definition) is 1. The number of hydrogen-bond acceptors (Lipinski definition) is 3. The van der Waals surface area contributed by atoms with Crippen LogP contribution in [0.25, 0.3) is 0 Å². The minimum Gasteiger partial charge on any atom is -0.375 e. The predicted octanol–water partition coefficient (Wildman–Crippen LogP) is 1.88. The number of amides is 2. The zero-order valence-corrected chi connectivity index (χ0v) is 13.0. The van der Waals surface area contributed by atoms with Crippen molar-refractivity contribution >= 4 is 17.5 Å². The lowest BCUT2D eigenvalue weighted by atomic mass is 10.1. The van der Waals surface area contributed by atoms with E-state index in [4.69, 9.17) is 4.74 Å². The summed E-state index contributed by atoms with van der Waals surface area (Å²) >= 11 is 0. The largest absolute Gasteiger partial charge is 0.375 e. The molecule has 1 aromatic carbocycles. The summed E-state index contributed by atoms with van der Waals surface area (Å²) in [5, 5.41) is 2.71. The Hall–Kier alpha value is -1.88. The van der Waals surface area contributed by atoms with E-state index in [1.165, 1.54) is 0 Å². The maximum absolute atomic E-state index is 12.3. The van der Waals surface area contributed by atoms with E-state index < -0.39 is 11.8 Å². The molecule has 1 aromatic rings. The summed E-state index contributed by atoms with van der Waals surface area (Å²) in [6.07, 6.45) is -0.0591. The molecule has 0 aromatic heterocycles. The molecule has 0 saturated carbocycles. The van der Waals surface area contributed by atoms with Gasteiger partial charge >= 0.3 is 11.8 Å². The fourth-order valence-corrected chi connectivity index (χ4v) is 2.40. The Morgan fingerprint density at radius 2 is 2.00 bits per heavy atom. The Kier molecular flexibility index (Phi) is 4.63. The molecule has 0 unspecified atom stereocenters. The zero-order chi connectivity index (χ0) is 15.6. The van der Waals surface area contributed by atoms with Gasteiger partial charge < -0.3 is 15.0 Å². The van der Waals surface area contributed by atoms with Gasteiger partial charge in [-0.05, 0) is 44.9 Å². The molecule has 0 aliphatic carbocycles. The van der Waals surface area contributed by atoms with Crippen LogP contribution in [0.3, 0.4) is 0 Å². The molecule has 1 saturated heterocycles. The summed E-state index contributed by atoms with van der Waals surface area (Å²) in [7, 11) is 0. The van der Waals surface area contributed by atoms with Crippen molar-refractivity contribution in [2.24, 2.45) is 0 Å². The fourth-order valence-electron chi connectivity index (χ4n) is 2.40. The summed E-state index contributed by atoms with van der Waals surface area (Å²) in [6.45, 7) is 8.57. The third kappa shape index (κ3) is 3.42. The van der Waals surface area contributed by atoms with Crippen molar-refractivity contribution in [2.45, 2.75) is 39.8 Å². The van der Waals surface area contributed by atoms with Crippen LogP contribution in [0.15, 0.2) is 18.2 Å². The third-order valence-electron chi connectivity index (χ3n) is 3.98. The van der Waals surface area contributed by atoms with Gasteiger partial charge in [-0.3, -0.25) is 9.59 Å². The Morgan fingerprint density at radius 1 is 1.29 bits per heavy atom. The van der Waals surface area contributed by atoms with Crippen molar-refractivity contribution in [3.05, 3.63) is 29.3 Å². The van der Waals surface area contributed by atoms with Gasteiger partial charge in [0.2, 0.25) is 0 Å². The fraction of sp³-hybridized carbons (Fsp3) is 0.500. The molecule has 1 aliphatic heterocycles. The van der Waals surface area contributed by atoms with Gasteiger partial charge in [0, 0.05) is 12.2 Å². The van der Waals surface area contributed by atoms with Gasteiger partial charge in [0.1, 0.15) is 0 Å². The number of anilines is 1. The minimum atomic E-state index is -0.593. The molecular weight excluding hydrogens is 268 g/mol. The second-order valence-electron chi connectivity index (χ2n) is 5.59. The van der Waals surface area contributed by atoms with Crippen molar-refractivity contribution in [2.75, 3.05) is 18.5 Å². The van der Waals surface area contributed by atoms with E-state index in [1.807, 2.05) is 45.9 Å². The first-order chi connectivity index (χ1) is 9.90. The Bertz CT molecular complexity index is 556. The van der Waals surface area contributed by atoms with Gasteiger partial charge in [-0.1, -0.05) is 12.1 Å². The third-order valence-corrected chi connectivity index (χ3v) is 3.98. The van der Waals surface area contributed by atoms with E-state index in [0.29, 0.717) is 18.8 Å². The van der Waals surface area contributed by atoms with E-state index >= 15 is 0 Å². The summed E-state index contributed by atoms with van der Waals surface area (Å²) in [5.41, 5.74) is 2.66. The number of aryl methyl sites for hydroxylation is 2. The molecule has 2 atom stereocenters. The normalized spacial score (nSPS) is 22.0. The topological polar surface area (TPSA) is 58.6 Å². The average Bonchev–Trinajstić information content (AvgIpc) is 2.45. The molecule has 1 heterocycles. The first-order valence-electron chi connectivity index (χ1n) is 7.21. The Labute approximate surface area is 125 Å². The molecule has 2 rings (SSSR count). The summed E-state index contributed by atoms with van der Waals surface area (Å²) in [6, 6.07) is 5.66. The number of nitrogens with one attached hydrogen (secondary N) is 1. The molecule has 0 radical (unpaired) electrons. The number of morpholine rings is 1. The van der Waals surface area contributed by atoms with Gasteiger partial charge in [-0.2, -0.15) is 0 Å². The number of ether oxygens (including phenoxy) is 1. The molecule has 1 N–H and O–H groups in total. The van der Waals surface area contributed by atoms with Crippen LogP contribution in [0.1, 0.15) is 25.0 Å². The first kappa shape index (κ1) is 15.5. The van der Waals surface area contributed by atoms with Gasteiger partial charge in [-0.15, -0.1) is 0 Å². The highest BCUT2D eigenvalue weighted by atomic mass is 16.5. The number of carbonyl (C=O) groups excluding carboxylic acids is 2. The van der Waals surface area contributed by atoms with Crippen LogP contribution in [0, 0.1) is 13.8 Å². The SMILES string of the molecule is Cc1ccc(C)c(NC(=O)C(=O)N2CCO[C@H](C)[C@H]2C)c1. The Balaban J connectivity index is 2.09. The monoisotopic (exact) mass is 290 g/mol. The number of benzene rings is 1. The highest BCUT2D eigenvalue weighted by Gasteiger charge is 2.32. The van der Waals surface area contributed by atoms with Crippen molar-refractivity contribution < 1.29 is 14.3 Å². The molecule has 2 amide bonds. The molecule has 114 valence electrons. The molecule has 0 spiro atoms. The predicted molar refractivity (Wildman–Crippen MR) is 81.1 cm³/mol. The van der Waals surface area contributed by atoms with E-state index in [9.17, 15) is 9.59 Å². The van der Waals surface area contributed by atoms with Crippen LogP contribution < -0.4 is 5.32 Å². The van der Waals surface area contributed by atoms with E-state index in [0.717, 1.165) is 11.1 Å². The smallest absolute Gasteiger partial charge is 0.313 e. The van der Waals surface area contributed by atoms with Gasteiger partial charge in [0.25, 0.3) is 0 Å². The lowest BCUT2D eigenvalue weighted by molar-refractivity contribution is -0.152. The van der Waals surface area contributed by atoms with Gasteiger partial charge in [-0.25, -0.2) is 0 Å². The Morgan fingerprint density at radius 3 is 2.71 bits per heavy atom. The second-order valence-corrected chi connectivity index (χ2v) is 5.59. The second kappa shape index (κ2) is 6.26.